The van der Waals surface area contributed by atoms with Gasteiger partial charge in [-0.05, 0) is 56.9 Å². The van der Waals surface area contributed by atoms with Crippen molar-refractivity contribution >= 4 is 21.6 Å². The van der Waals surface area contributed by atoms with E-state index in [0.29, 0.717) is 29.9 Å². The number of sulfonamides is 1. The van der Waals surface area contributed by atoms with Gasteiger partial charge in [-0.25, -0.2) is 8.42 Å². The number of nitrogens with one attached hydrogen (secondary N) is 2. The van der Waals surface area contributed by atoms with Crippen LogP contribution in [0.4, 0.5) is 18.9 Å². The van der Waals surface area contributed by atoms with E-state index in [1.807, 2.05) is 13.8 Å². The van der Waals surface area contributed by atoms with Crippen molar-refractivity contribution in [1.82, 2.24) is 10.3 Å². The van der Waals surface area contributed by atoms with Crippen molar-refractivity contribution in [3.05, 3.63) is 58.9 Å². The number of aryl methyl sites for hydroxylation is 1. The SMILES string of the molecule is CCc1nc(C(C)NC(=O)[C@@H]2CC2(C)c2ccc(C(C)(C)C(F)(F)F)cc2)ccc1NS(C)(=O)=O. The van der Waals surface area contributed by atoms with Crippen molar-refractivity contribution in [3.8, 4) is 0 Å². The van der Waals surface area contributed by atoms with Gasteiger partial charge in [0.15, 0.2) is 0 Å². The second-order valence-corrected chi connectivity index (χ2v) is 11.8. The molecule has 1 fully saturated rings. The fourth-order valence-corrected chi connectivity index (χ4v) is 4.79. The first-order valence-electron chi connectivity index (χ1n) is 11.5. The quantitative estimate of drug-likeness (QED) is 0.522. The average molecular weight is 512 g/mol. The maximum absolute atomic E-state index is 13.3. The van der Waals surface area contributed by atoms with E-state index >= 15 is 0 Å². The lowest BCUT2D eigenvalue weighted by molar-refractivity contribution is -0.180. The molecule has 1 aromatic carbocycles. The molecule has 1 aliphatic carbocycles. The zero-order valence-corrected chi connectivity index (χ0v) is 21.6. The predicted octanol–water partition coefficient (Wildman–Crippen LogP) is 5.01. The topological polar surface area (TPSA) is 88.2 Å². The predicted molar refractivity (Wildman–Crippen MR) is 130 cm³/mol. The molecule has 3 rings (SSSR count). The molecule has 1 saturated carbocycles. The van der Waals surface area contributed by atoms with Crippen molar-refractivity contribution < 1.29 is 26.4 Å². The van der Waals surface area contributed by atoms with Crippen LogP contribution in [0.5, 0.6) is 0 Å². The van der Waals surface area contributed by atoms with Crippen LogP contribution in [-0.2, 0) is 32.1 Å². The second-order valence-electron chi connectivity index (χ2n) is 10.1. The molecule has 1 amide bonds. The summed E-state index contributed by atoms with van der Waals surface area (Å²) in [6, 6.07) is 9.25. The molecule has 0 bridgehead atoms. The summed E-state index contributed by atoms with van der Waals surface area (Å²) in [5.41, 5.74) is 0.190. The minimum atomic E-state index is -4.36. The molecule has 2 aromatic rings. The highest BCUT2D eigenvalue weighted by Gasteiger charge is 2.56. The summed E-state index contributed by atoms with van der Waals surface area (Å²) < 4.78 is 65.6. The van der Waals surface area contributed by atoms with Crippen LogP contribution in [-0.4, -0.2) is 31.7 Å². The standard InChI is InChI=1S/C25H32F3N3O3S/c1-7-19-21(31-35(6,33)34)13-12-20(30-19)15(2)29-22(32)18-14-24(18,5)17-10-8-16(9-11-17)23(3,4)25(26,27)28/h8-13,15,18,31H,7,14H2,1-6H3,(H,29,32)/t15?,18-,24?/m0/s1. The third-order valence-corrected chi connectivity index (χ3v) is 7.55. The Balaban J connectivity index is 1.70. The summed E-state index contributed by atoms with van der Waals surface area (Å²) in [6.45, 7) is 7.90. The zero-order chi connectivity index (χ0) is 26.4. The number of alkyl halides is 3. The molecule has 2 N–H and O–H groups in total. The van der Waals surface area contributed by atoms with Gasteiger partial charge >= 0.3 is 6.18 Å². The van der Waals surface area contributed by atoms with E-state index < -0.39 is 33.1 Å². The number of carbonyl (C=O) groups excluding carboxylic acids is 1. The lowest BCUT2D eigenvalue weighted by atomic mass is 9.82. The van der Waals surface area contributed by atoms with E-state index in [4.69, 9.17) is 0 Å². The monoisotopic (exact) mass is 511 g/mol. The molecular weight excluding hydrogens is 479 g/mol. The van der Waals surface area contributed by atoms with Gasteiger partial charge in [0, 0.05) is 11.3 Å². The van der Waals surface area contributed by atoms with Gasteiger partial charge in [-0.15, -0.1) is 0 Å². The van der Waals surface area contributed by atoms with Crippen LogP contribution in [0.15, 0.2) is 36.4 Å². The number of amides is 1. The van der Waals surface area contributed by atoms with Crippen molar-refractivity contribution in [2.45, 2.75) is 70.5 Å². The first-order chi connectivity index (χ1) is 16.0. The molecular formula is C25H32F3N3O3S. The molecule has 3 atom stereocenters. The number of benzene rings is 1. The molecule has 0 aliphatic heterocycles. The van der Waals surface area contributed by atoms with Crippen molar-refractivity contribution in [2.24, 2.45) is 5.92 Å². The van der Waals surface area contributed by atoms with E-state index in [2.05, 4.69) is 15.0 Å². The summed E-state index contributed by atoms with van der Waals surface area (Å²) in [7, 11) is -3.44. The Morgan fingerprint density at radius 1 is 1.17 bits per heavy atom. The van der Waals surface area contributed by atoms with Gasteiger partial charge in [0.25, 0.3) is 0 Å². The van der Waals surface area contributed by atoms with Crippen LogP contribution in [0, 0.1) is 5.92 Å². The molecule has 1 aliphatic rings. The Bertz CT molecular complexity index is 1210. The smallest absolute Gasteiger partial charge is 0.348 e. The molecule has 6 nitrogen and oxygen atoms in total. The number of carbonyl (C=O) groups is 1. The van der Waals surface area contributed by atoms with Gasteiger partial charge < -0.3 is 5.32 Å². The normalized spacial score (nSPS) is 21.3. The van der Waals surface area contributed by atoms with Gasteiger partial charge in [-0.3, -0.25) is 14.5 Å². The average Bonchev–Trinajstić information content (AvgIpc) is 3.45. The Morgan fingerprint density at radius 2 is 1.77 bits per heavy atom. The van der Waals surface area contributed by atoms with E-state index in [0.717, 1.165) is 25.7 Å². The molecule has 0 saturated heterocycles. The molecule has 0 radical (unpaired) electrons. The number of hydrogen-bond donors (Lipinski definition) is 2. The van der Waals surface area contributed by atoms with Crippen molar-refractivity contribution in [1.29, 1.82) is 0 Å². The summed E-state index contributed by atoms with van der Waals surface area (Å²) >= 11 is 0. The third-order valence-electron chi connectivity index (χ3n) is 6.96. The number of nitrogens with zero attached hydrogens (tertiary/aromatic N) is 1. The second kappa shape index (κ2) is 9.11. The molecule has 2 unspecified atom stereocenters. The van der Waals surface area contributed by atoms with Crippen LogP contribution in [0.2, 0.25) is 0 Å². The maximum atomic E-state index is 13.3. The van der Waals surface area contributed by atoms with Crippen LogP contribution < -0.4 is 10.0 Å². The number of hydrogen-bond acceptors (Lipinski definition) is 4. The van der Waals surface area contributed by atoms with Crippen LogP contribution in [0.25, 0.3) is 0 Å². The van der Waals surface area contributed by atoms with Gasteiger partial charge in [0.05, 0.1) is 34.8 Å². The third kappa shape index (κ3) is 5.63. The highest BCUT2D eigenvalue weighted by molar-refractivity contribution is 7.92. The Labute approximate surface area is 204 Å². The summed E-state index contributed by atoms with van der Waals surface area (Å²) in [5, 5.41) is 2.97. The van der Waals surface area contributed by atoms with Gasteiger partial charge in [0.2, 0.25) is 15.9 Å². The van der Waals surface area contributed by atoms with Crippen LogP contribution in [0.3, 0.4) is 0 Å². The molecule has 1 aromatic heterocycles. The Morgan fingerprint density at radius 3 is 2.29 bits per heavy atom. The van der Waals surface area contributed by atoms with Gasteiger partial charge in [-0.1, -0.05) is 38.1 Å². The fourth-order valence-electron chi connectivity index (χ4n) is 4.21. The van der Waals surface area contributed by atoms with Crippen LogP contribution in [0.1, 0.15) is 69.6 Å². The highest BCUT2D eigenvalue weighted by atomic mass is 32.2. The van der Waals surface area contributed by atoms with Gasteiger partial charge in [-0.2, -0.15) is 13.2 Å². The molecule has 0 spiro atoms. The van der Waals surface area contributed by atoms with Gasteiger partial charge in [0.1, 0.15) is 0 Å². The fraction of sp³-hybridized carbons (Fsp3) is 0.520. The number of pyridine rings is 1. The number of rotatable bonds is 8. The Kier molecular flexibility index (Phi) is 7.02. The Hall–Kier alpha value is -2.62. The molecule has 35 heavy (non-hydrogen) atoms. The minimum absolute atomic E-state index is 0.155. The summed E-state index contributed by atoms with van der Waals surface area (Å²) in [6.07, 6.45) is -2.19. The number of halogens is 3. The zero-order valence-electron chi connectivity index (χ0n) is 20.7. The van der Waals surface area contributed by atoms with E-state index in [9.17, 15) is 26.4 Å². The first-order valence-corrected chi connectivity index (χ1v) is 13.3. The van der Waals surface area contributed by atoms with Crippen molar-refractivity contribution in [2.75, 3.05) is 11.0 Å². The van der Waals surface area contributed by atoms with E-state index in [1.54, 1.807) is 31.2 Å². The first kappa shape index (κ1) is 27.0. The van der Waals surface area contributed by atoms with Crippen LogP contribution >= 0.6 is 0 Å². The lowest BCUT2D eigenvalue weighted by Crippen LogP contribution is -2.36. The maximum Gasteiger partial charge on any atom is 0.397 e. The van der Waals surface area contributed by atoms with E-state index in [1.165, 1.54) is 12.1 Å². The lowest BCUT2D eigenvalue weighted by Gasteiger charge is -2.28. The summed E-state index contributed by atoms with van der Waals surface area (Å²) in [5.74, 6) is -0.457. The van der Waals surface area contributed by atoms with Crippen molar-refractivity contribution in [3.63, 3.8) is 0 Å². The molecule has 1 heterocycles. The number of aromatic nitrogens is 1. The molecule has 10 heteroatoms. The largest absolute Gasteiger partial charge is 0.397 e. The minimum Gasteiger partial charge on any atom is -0.348 e. The number of anilines is 1. The van der Waals surface area contributed by atoms with E-state index in [-0.39, 0.29) is 17.4 Å². The highest BCUT2D eigenvalue weighted by Crippen LogP contribution is 2.54. The summed E-state index contributed by atoms with van der Waals surface area (Å²) in [4.78, 5) is 17.5. The molecule has 192 valence electrons.